The average Bonchev–Trinajstić information content (AvgIpc) is 3.19. The average molecular weight is 347 g/mol. The fraction of sp³-hybridized carbons (Fsp3) is 0.238. The number of piperidine rings is 1. The third-order valence-electron chi connectivity index (χ3n) is 4.67. The van der Waals surface area contributed by atoms with Crippen molar-refractivity contribution in [1.29, 1.82) is 0 Å². The lowest BCUT2D eigenvalue weighted by Gasteiger charge is -2.32. The van der Waals surface area contributed by atoms with Crippen molar-refractivity contribution in [3.05, 3.63) is 78.9 Å². The normalized spacial score (nSPS) is 15.0. The topological polar surface area (TPSA) is 47.4 Å². The van der Waals surface area contributed by atoms with Gasteiger partial charge in [-0.2, -0.15) is 0 Å². The number of hydrogen-bond donors (Lipinski definition) is 0. The van der Waals surface area contributed by atoms with Crippen molar-refractivity contribution in [2.75, 3.05) is 13.1 Å². The molecule has 1 aliphatic heterocycles. The molecule has 5 nitrogen and oxygen atoms in total. The number of rotatable bonds is 4. The fourth-order valence-corrected chi connectivity index (χ4v) is 3.28. The maximum absolute atomic E-state index is 12.9. The number of likely N-dealkylation sites (tertiary alicyclic amines) is 1. The number of amides is 1. The van der Waals surface area contributed by atoms with E-state index in [-0.39, 0.29) is 12.0 Å². The van der Waals surface area contributed by atoms with Gasteiger partial charge >= 0.3 is 0 Å². The SMILES string of the molecule is O=C(c1cncn1-c1ccccc1)N1CCC(Oc2ccccc2)CC1. The summed E-state index contributed by atoms with van der Waals surface area (Å²) in [6.07, 6.45) is 5.15. The Balaban J connectivity index is 1.41. The number of imidazole rings is 1. The predicted molar refractivity (Wildman–Crippen MR) is 99.6 cm³/mol. The van der Waals surface area contributed by atoms with Gasteiger partial charge in [-0.3, -0.25) is 9.36 Å². The van der Waals surface area contributed by atoms with Gasteiger partial charge in [-0.05, 0) is 24.3 Å². The summed E-state index contributed by atoms with van der Waals surface area (Å²) in [7, 11) is 0. The third kappa shape index (κ3) is 3.47. The molecule has 0 atom stereocenters. The van der Waals surface area contributed by atoms with Crippen LogP contribution < -0.4 is 4.74 Å². The van der Waals surface area contributed by atoms with Crippen LogP contribution in [-0.4, -0.2) is 39.6 Å². The number of ether oxygens (including phenoxy) is 1. The van der Waals surface area contributed by atoms with Gasteiger partial charge in [0.1, 0.15) is 17.5 Å². The van der Waals surface area contributed by atoms with Gasteiger partial charge in [-0.25, -0.2) is 4.98 Å². The Morgan fingerprint density at radius 2 is 1.62 bits per heavy atom. The van der Waals surface area contributed by atoms with E-state index in [2.05, 4.69) is 4.98 Å². The van der Waals surface area contributed by atoms with Crippen LogP contribution in [0.25, 0.3) is 5.69 Å². The van der Waals surface area contributed by atoms with Gasteiger partial charge in [0.25, 0.3) is 5.91 Å². The van der Waals surface area contributed by atoms with E-state index in [4.69, 9.17) is 4.74 Å². The summed E-state index contributed by atoms with van der Waals surface area (Å²) in [5, 5.41) is 0. The van der Waals surface area contributed by atoms with Crippen molar-refractivity contribution in [2.24, 2.45) is 0 Å². The Bertz CT molecular complexity index is 853. The number of para-hydroxylation sites is 2. The summed E-state index contributed by atoms with van der Waals surface area (Å²) in [6, 6.07) is 19.7. The fourth-order valence-electron chi connectivity index (χ4n) is 3.28. The van der Waals surface area contributed by atoms with Crippen molar-refractivity contribution in [3.8, 4) is 11.4 Å². The highest BCUT2D eigenvalue weighted by molar-refractivity contribution is 5.93. The van der Waals surface area contributed by atoms with Crippen molar-refractivity contribution >= 4 is 5.91 Å². The lowest BCUT2D eigenvalue weighted by Crippen LogP contribution is -2.42. The van der Waals surface area contributed by atoms with Crippen LogP contribution >= 0.6 is 0 Å². The zero-order valence-corrected chi connectivity index (χ0v) is 14.5. The number of benzene rings is 2. The Kier molecular flexibility index (Phi) is 4.69. The van der Waals surface area contributed by atoms with Gasteiger partial charge in [-0.15, -0.1) is 0 Å². The molecule has 0 saturated carbocycles. The molecule has 0 aliphatic carbocycles. The Labute approximate surface area is 152 Å². The molecule has 1 fully saturated rings. The van der Waals surface area contributed by atoms with Crippen LogP contribution in [0.2, 0.25) is 0 Å². The van der Waals surface area contributed by atoms with E-state index in [1.807, 2.05) is 70.1 Å². The number of aromatic nitrogens is 2. The second kappa shape index (κ2) is 7.44. The minimum absolute atomic E-state index is 0.0181. The minimum atomic E-state index is 0.0181. The minimum Gasteiger partial charge on any atom is -0.490 e. The van der Waals surface area contributed by atoms with Crippen LogP contribution in [0.3, 0.4) is 0 Å². The first kappa shape index (κ1) is 16.4. The van der Waals surface area contributed by atoms with Gasteiger partial charge in [0.05, 0.1) is 12.5 Å². The molecular formula is C21H21N3O2. The quantitative estimate of drug-likeness (QED) is 0.725. The Morgan fingerprint density at radius 1 is 0.962 bits per heavy atom. The van der Waals surface area contributed by atoms with Gasteiger partial charge in [0, 0.05) is 31.6 Å². The molecule has 1 saturated heterocycles. The first-order valence-electron chi connectivity index (χ1n) is 8.90. The lowest BCUT2D eigenvalue weighted by atomic mass is 10.1. The molecule has 2 aromatic carbocycles. The van der Waals surface area contributed by atoms with Crippen LogP contribution in [-0.2, 0) is 0 Å². The van der Waals surface area contributed by atoms with Gasteiger partial charge in [0.15, 0.2) is 0 Å². The second-order valence-electron chi connectivity index (χ2n) is 6.41. The highest BCUT2D eigenvalue weighted by Crippen LogP contribution is 2.20. The second-order valence-corrected chi connectivity index (χ2v) is 6.41. The highest BCUT2D eigenvalue weighted by atomic mass is 16.5. The summed E-state index contributed by atoms with van der Waals surface area (Å²) in [6.45, 7) is 1.38. The summed E-state index contributed by atoms with van der Waals surface area (Å²) in [4.78, 5) is 19.0. The van der Waals surface area contributed by atoms with Crippen LogP contribution in [0.1, 0.15) is 23.3 Å². The maximum Gasteiger partial charge on any atom is 0.272 e. The van der Waals surface area contributed by atoms with E-state index >= 15 is 0 Å². The van der Waals surface area contributed by atoms with Crippen molar-refractivity contribution in [1.82, 2.24) is 14.5 Å². The summed E-state index contributed by atoms with van der Waals surface area (Å²) >= 11 is 0. The third-order valence-corrected chi connectivity index (χ3v) is 4.67. The number of hydrogen-bond acceptors (Lipinski definition) is 3. The molecule has 1 aromatic heterocycles. The molecule has 132 valence electrons. The molecule has 0 radical (unpaired) electrons. The van der Waals surface area contributed by atoms with Gasteiger partial charge in [0.2, 0.25) is 0 Å². The molecule has 1 aliphatic rings. The largest absolute Gasteiger partial charge is 0.490 e. The predicted octanol–water partition coefficient (Wildman–Crippen LogP) is 3.56. The molecule has 3 aromatic rings. The molecular weight excluding hydrogens is 326 g/mol. The first-order chi connectivity index (χ1) is 12.8. The van der Waals surface area contributed by atoms with Crippen LogP contribution in [0.15, 0.2) is 73.2 Å². The van der Waals surface area contributed by atoms with Gasteiger partial charge in [-0.1, -0.05) is 36.4 Å². The molecule has 2 heterocycles. The maximum atomic E-state index is 12.9. The van der Waals surface area contributed by atoms with E-state index in [0.29, 0.717) is 18.8 Å². The zero-order valence-electron chi connectivity index (χ0n) is 14.5. The molecule has 1 amide bonds. The van der Waals surface area contributed by atoms with E-state index in [0.717, 1.165) is 24.3 Å². The van der Waals surface area contributed by atoms with Crippen LogP contribution in [0.5, 0.6) is 5.75 Å². The van der Waals surface area contributed by atoms with E-state index < -0.39 is 0 Å². The zero-order chi connectivity index (χ0) is 17.8. The molecule has 0 spiro atoms. The van der Waals surface area contributed by atoms with Crippen molar-refractivity contribution < 1.29 is 9.53 Å². The lowest BCUT2D eigenvalue weighted by molar-refractivity contribution is 0.0588. The Morgan fingerprint density at radius 3 is 2.31 bits per heavy atom. The smallest absolute Gasteiger partial charge is 0.272 e. The Hall–Kier alpha value is -3.08. The number of carbonyl (C=O) groups excluding carboxylic acids is 1. The number of nitrogens with zero attached hydrogens (tertiary/aromatic N) is 3. The molecule has 4 rings (SSSR count). The molecule has 26 heavy (non-hydrogen) atoms. The van der Waals surface area contributed by atoms with Crippen molar-refractivity contribution in [3.63, 3.8) is 0 Å². The molecule has 5 heteroatoms. The summed E-state index contributed by atoms with van der Waals surface area (Å²) < 4.78 is 7.85. The van der Waals surface area contributed by atoms with Crippen LogP contribution in [0, 0.1) is 0 Å². The summed E-state index contributed by atoms with van der Waals surface area (Å²) in [5.41, 5.74) is 1.54. The molecule has 0 unspecified atom stereocenters. The van der Waals surface area contributed by atoms with E-state index in [9.17, 15) is 4.79 Å². The van der Waals surface area contributed by atoms with Gasteiger partial charge < -0.3 is 9.64 Å². The van der Waals surface area contributed by atoms with E-state index in [1.165, 1.54) is 0 Å². The molecule has 0 bridgehead atoms. The molecule has 0 N–H and O–H groups in total. The highest BCUT2D eigenvalue weighted by Gasteiger charge is 2.26. The standard InChI is InChI=1S/C21H21N3O2/c25-21(20-15-22-16-24(20)17-7-3-1-4-8-17)23-13-11-19(12-14-23)26-18-9-5-2-6-10-18/h1-10,15-16,19H,11-14H2. The number of carbonyl (C=O) groups is 1. The monoisotopic (exact) mass is 347 g/mol. The van der Waals surface area contributed by atoms with E-state index in [1.54, 1.807) is 12.5 Å². The van der Waals surface area contributed by atoms with Crippen molar-refractivity contribution in [2.45, 2.75) is 18.9 Å². The summed E-state index contributed by atoms with van der Waals surface area (Å²) in [5.74, 6) is 0.906. The first-order valence-corrected chi connectivity index (χ1v) is 8.90. The van der Waals surface area contributed by atoms with Crippen LogP contribution in [0.4, 0.5) is 0 Å².